The van der Waals surface area contributed by atoms with E-state index in [1.807, 2.05) is 0 Å². The van der Waals surface area contributed by atoms with Gasteiger partial charge in [0.25, 0.3) is 5.56 Å². The number of aromatic amines is 1. The van der Waals surface area contributed by atoms with E-state index in [0.29, 0.717) is 0 Å². The standard InChI is InChI=1S/C12H17N3O7/c1-5-6(10(17)15-22-5)4-8(14)12(20)21-9(16)3-2-7(13)11(18)19/h7-8H,2-4,13-14H2,1H3,(H,15,17)(H,18,19)/t7-,8?/m0/s1. The topological polar surface area (TPSA) is 179 Å². The number of esters is 2. The molecule has 1 aromatic rings. The van der Waals surface area contributed by atoms with Gasteiger partial charge in [-0.05, 0) is 13.3 Å². The molecule has 0 aliphatic heterocycles. The van der Waals surface area contributed by atoms with E-state index in [1.54, 1.807) is 0 Å². The van der Waals surface area contributed by atoms with E-state index < -0.39 is 35.6 Å². The number of carboxylic acids is 1. The first-order chi connectivity index (χ1) is 10.2. The maximum absolute atomic E-state index is 11.6. The zero-order valence-electron chi connectivity index (χ0n) is 11.8. The Balaban J connectivity index is 2.49. The molecular formula is C12H17N3O7. The predicted molar refractivity (Wildman–Crippen MR) is 71.7 cm³/mol. The second kappa shape index (κ2) is 7.52. The number of nitrogens with one attached hydrogen (secondary N) is 1. The van der Waals surface area contributed by atoms with Crippen molar-refractivity contribution in [1.82, 2.24) is 5.16 Å². The Morgan fingerprint density at radius 2 is 1.95 bits per heavy atom. The molecule has 0 saturated carbocycles. The molecule has 22 heavy (non-hydrogen) atoms. The van der Waals surface area contributed by atoms with Crippen molar-refractivity contribution < 1.29 is 28.8 Å². The molecule has 0 aromatic carbocycles. The summed E-state index contributed by atoms with van der Waals surface area (Å²) < 4.78 is 9.24. The molecule has 1 heterocycles. The lowest BCUT2D eigenvalue weighted by molar-refractivity contribution is -0.160. The minimum atomic E-state index is -1.26. The summed E-state index contributed by atoms with van der Waals surface area (Å²) in [6, 6.07) is -2.45. The van der Waals surface area contributed by atoms with Gasteiger partial charge < -0.3 is 25.8 Å². The molecule has 10 heteroatoms. The van der Waals surface area contributed by atoms with Gasteiger partial charge >= 0.3 is 17.9 Å². The predicted octanol–water partition coefficient (Wildman–Crippen LogP) is -1.59. The van der Waals surface area contributed by atoms with E-state index in [-0.39, 0.29) is 30.6 Å². The molecule has 10 nitrogen and oxygen atoms in total. The van der Waals surface area contributed by atoms with E-state index in [1.165, 1.54) is 6.92 Å². The Labute approximate surface area is 124 Å². The molecule has 1 rings (SSSR count). The van der Waals surface area contributed by atoms with Crippen LogP contribution in [0.25, 0.3) is 0 Å². The van der Waals surface area contributed by atoms with Crippen LogP contribution in [0.1, 0.15) is 24.2 Å². The summed E-state index contributed by atoms with van der Waals surface area (Å²) in [7, 11) is 0. The third-order valence-electron chi connectivity index (χ3n) is 2.91. The van der Waals surface area contributed by atoms with Crippen molar-refractivity contribution >= 4 is 17.9 Å². The summed E-state index contributed by atoms with van der Waals surface area (Å²) in [5.41, 5.74) is 10.4. The van der Waals surface area contributed by atoms with Crippen LogP contribution in [0.2, 0.25) is 0 Å². The van der Waals surface area contributed by atoms with Gasteiger partial charge in [0.15, 0.2) is 0 Å². The van der Waals surface area contributed by atoms with E-state index in [9.17, 15) is 19.2 Å². The van der Waals surface area contributed by atoms with E-state index in [4.69, 9.17) is 21.1 Å². The summed E-state index contributed by atoms with van der Waals surface area (Å²) in [6.45, 7) is 1.52. The second-order valence-corrected chi connectivity index (χ2v) is 4.66. The van der Waals surface area contributed by atoms with Gasteiger partial charge in [0, 0.05) is 12.8 Å². The number of carbonyl (C=O) groups is 3. The highest BCUT2D eigenvalue weighted by Crippen LogP contribution is 2.05. The molecular weight excluding hydrogens is 298 g/mol. The van der Waals surface area contributed by atoms with Crippen molar-refractivity contribution in [3.63, 3.8) is 0 Å². The lowest BCUT2D eigenvalue weighted by Crippen LogP contribution is -2.37. The Hall–Kier alpha value is -2.46. The minimum Gasteiger partial charge on any atom is -0.480 e. The highest BCUT2D eigenvalue weighted by molar-refractivity contribution is 5.88. The number of ether oxygens (including phenoxy) is 1. The lowest BCUT2D eigenvalue weighted by atomic mass is 10.1. The quantitative estimate of drug-likeness (QED) is 0.340. The van der Waals surface area contributed by atoms with Crippen molar-refractivity contribution in [3.05, 3.63) is 21.7 Å². The number of rotatable bonds is 7. The van der Waals surface area contributed by atoms with Crippen molar-refractivity contribution in [2.75, 3.05) is 0 Å². The minimum absolute atomic E-state index is 0.154. The normalized spacial score (nSPS) is 13.4. The molecule has 0 bridgehead atoms. The summed E-state index contributed by atoms with van der Waals surface area (Å²) in [5, 5.41) is 10.6. The van der Waals surface area contributed by atoms with Gasteiger partial charge in [-0.15, -0.1) is 0 Å². The van der Waals surface area contributed by atoms with Crippen LogP contribution in [-0.2, 0) is 25.5 Å². The van der Waals surface area contributed by atoms with Gasteiger partial charge in [0.2, 0.25) is 0 Å². The number of nitrogens with two attached hydrogens (primary N) is 2. The van der Waals surface area contributed by atoms with Gasteiger partial charge in [0.1, 0.15) is 17.8 Å². The number of carbonyl (C=O) groups excluding carboxylic acids is 2. The van der Waals surface area contributed by atoms with Crippen molar-refractivity contribution in [1.29, 1.82) is 0 Å². The average molecular weight is 315 g/mol. The van der Waals surface area contributed by atoms with Crippen molar-refractivity contribution in [2.24, 2.45) is 11.5 Å². The lowest BCUT2D eigenvalue weighted by Gasteiger charge is -2.10. The number of H-pyrrole nitrogens is 1. The van der Waals surface area contributed by atoms with Crippen LogP contribution in [-0.4, -0.2) is 40.3 Å². The van der Waals surface area contributed by atoms with Crippen molar-refractivity contribution in [3.8, 4) is 0 Å². The average Bonchev–Trinajstić information content (AvgIpc) is 2.76. The number of hydrogen-bond donors (Lipinski definition) is 4. The SMILES string of the molecule is Cc1o[nH]c(=O)c1CC(N)C(=O)OC(=O)CC[C@H](N)C(=O)O. The van der Waals surface area contributed by atoms with Gasteiger partial charge in [-0.25, -0.2) is 4.79 Å². The second-order valence-electron chi connectivity index (χ2n) is 4.66. The highest BCUT2D eigenvalue weighted by atomic mass is 16.6. The van der Waals surface area contributed by atoms with Crippen LogP contribution >= 0.6 is 0 Å². The zero-order chi connectivity index (χ0) is 16.9. The number of hydrogen-bond acceptors (Lipinski definition) is 8. The van der Waals surface area contributed by atoms with Crippen LogP contribution in [0.3, 0.4) is 0 Å². The van der Waals surface area contributed by atoms with E-state index >= 15 is 0 Å². The van der Waals surface area contributed by atoms with Crippen LogP contribution in [0.15, 0.2) is 9.32 Å². The highest BCUT2D eigenvalue weighted by Gasteiger charge is 2.23. The smallest absolute Gasteiger partial charge is 0.330 e. The first kappa shape index (κ1) is 17.6. The maximum Gasteiger partial charge on any atom is 0.330 e. The monoisotopic (exact) mass is 315 g/mol. The first-order valence-corrected chi connectivity index (χ1v) is 6.37. The third kappa shape index (κ3) is 4.82. The largest absolute Gasteiger partial charge is 0.480 e. The summed E-state index contributed by atoms with van der Waals surface area (Å²) in [5.74, 6) is -2.93. The van der Waals surface area contributed by atoms with Gasteiger partial charge in [-0.1, -0.05) is 0 Å². The Bertz CT molecular complexity index is 618. The molecule has 0 aliphatic rings. The number of carboxylic acid groups (broad SMARTS) is 1. The third-order valence-corrected chi connectivity index (χ3v) is 2.91. The fourth-order valence-electron chi connectivity index (χ4n) is 1.58. The Morgan fingerprint density at radius 1 is 1.32 bits per heavy atom. The van der Waals surface area contributed by atoms with Gasteiger partial charge in [0.05, 0.1) is 5.56 Å². The maximum atomic E-state index is 11.6. The van der Waals surface area contributed by atoms with Gasteiger partial charge in [-0.2, -0.15) is 5.16 Å². The van der Waals surface area contributed by atoms with Crippen LogP contribution < -0.4 is 17.0 Å². The molecule has 1 aromatic heterocycles. The molecule has 1 unspecified atom stereocenters. The molecule has 0 amide bonds. The molecule has 122 valence electrons. The van der Waals surface area contributed by atoms with Crippen molar-refractivity contribution in [2.45, 2.75) is 38.3 Å². The van der Waals surface area contributed by atoms with E-state index in [0.717, 1.165) is 0 Å². The number of aromatic nitrogens is 1. The number of aryl methyl sites for hydroxylation is 1. The summed E-state index contributed by atoms with van der Waals surface area (Å²) in [4.78, 5) is 44.9. The number of aliphatic carboxylic acids is 1. The van der Waals surface area contributed by atoms with Crippen LogP contribution in [0.5, 0.6) is 0 Å². The Kier molecular flexibility index (Phi) is 6.01. The van der Waals surface area contributed by atoms with Crippen LogP contribution in [0.4, 0.5) is 0 Å². The molecule has 0 fully saturated rings. The van der Waals surface area contributed by atoms with Crippen LogP contribution in [0, 0.1) is 6.92 Å². The zero-order valence-corrected chi connectivity index (χ0v) is 11.8. The molecule has 2 atom stereocenters. The molecule has 6 N–H and O–H groups in total. The van der Waals surface area contributed by atoms with Gasteiger partial charge in [-0.3, -0.25) is 14.4 Å². The Morgan fingerprint density at radius 3 is 2.45 bits per heavy atom. The fraction of sp³-hybridized carbons (Fsp3) is 0.500. The summed E-state index contributed by atoms with van der Waals surface area (Å²) >= 11 is 0. The summed E-state index contributed by atoms with van der Waals surface area (Å²) in [6.07, 6.45) is -0.660. The first-order valence-electron chi connectivity index (χ1n) is 6.37. The molecule has 0 aliphatic carbocycles. The van der Waals surface area contributed by atoms with E-state index in [2.05, 4.69) is 9.89 Å². The fourth-order valence-corrected chi connectivity index (χ4v) is 1.58. The molecule has 0 radical (unpaired) electrons. The molecule has 0 saturated heterocycles. The molecule has 0 spiro atoms.